The zero-order chi connectivity index (χ0) is 24.2. The number of carbonyl (C=O) groups is 1. The van der Waals surface area contributed by atoms with Crippen molar-refractivity contribution >= 4 is 34.1 Å². The Bertz CT molecular complexity index is 1110. The first-order chi connectivity index (χ1) is 17.1. The molecule has 0 atom stereocenters. The number of aryl methyl sites for hydroxylation is 1. The number of benzene rings is 2. The van der Waals surface area contributed by atoms with Crippen molar-refractivity contribution in [2.45, 2.75) is 51.5 Å². The van der Waals surface area contributed by atoms with Crippen molar-refractivity contribution in [3.05, 3.63) is 64.8 Å². The molecule has 0 radical (unpaired) electrons. The van der Waals surface area contributed by atoms with Crippen molar-refractivity contribution in [2.24, 2.45) is 5.92 Å². The highest BCUT2D eigenvalue weighted by Gasteiger charge is 2.25. The largest absolute Gasteiger partial charge is 0.368 e. The molecule has 5 nitrogen and oxygen atoms in total. The Hall–Kier alpha value is -2.50. The first-order valence-corrected chi connectivity index (χ1v) is 13.6. The quantitative estimate of drug-likeness (QED) is 0.432. The Balaban J connectivity index is 1.03. The molecule has 3 aromatic rings. The summed E-state index contributed by atoms with van der Waals surface area (Å²) >= 11 is 6.65. The predicted octanol–water partition coefficient (Wildman–Crippen LogP) is 5.88. The van der Waals surface area contributed by atoms with E-state index in [-0.39, 0.29) is 11.9 Å². The van der Waals surface area contributed by atoms with Gasteiger partial charge < -0.3 is 15.2 Å². The fraction of sp³-hybridized carbons (Fsp3) is 0.483. The van der Waals surface area contributed by atoms with Gasteiger partial charge in [0.15, 0.2) is 0 Å². The van der Waals surface area contributed by atoms with Crippen LogP contribution in [0.1, 0.15) is 55.1 Å². The fourth-order valence-corrected chi connectivity index (χ4v) is 6.09. The highest BCUT2D eigenvalue weighted by molar-refractivity contribution is 6.34. The van der Waals surface area contributed by atoms with Crippen molar-refractivity contribution in [1.82, 2.24) is 15.2 Å². The van der Waals surface area contributed by atoms with E-state index in [1.165, 1.54) is 37.1 Å². The van der Waals surface area contributed by atoms with Crippen LogP contribution >= 0.6 is 11.6 Å². The molecule has 1 saturated heterocycles. The second kappa shape index (κ2) is 11.0. The van der Waals surface area contributed by atoms with Crippen molar-refractivity contribution in [3.63, 3.8) is 0 Å². The lowest BCUT2D eigenvalue weighted by molar-refractivity contribution is 0.0915. The lowest BCUT2D eigenvalue weighted by Crippen LogP contribution is -2.47. The van der Waals surface area contributed by atoms with Crippen LogP contribution in [0.5, 0.6) is 0 Å². The van der Waals surface area contributed by atoms with Crippen LogP contribution in [0.15, 0.2) is 48.5 Å². The Labute approximate surface area is 213 Å². The van der Waals surface area contributed by atoms with E-state index in [1.807, 2.05) is 30.3 Å². The molecule has 0 unspecified atom stereocenters. The molecule has 1 amide bonds. The van der Waals surface area contributed by atoms with E-state index >= 15 is 0 Å². The maximum atomic E-state index is 12.7. The van der Waals surface area contributed by atoms with Crippen LogP contribution in [0.25, 0.3) is 10.9 Å². The number of fused-ring (bicyclic) bond motifs is 1. The molecule has 2 aromatic carbocycles. The molecule has 5 rings (SSSR count). The normalized spacial score (nSPS) is 21.4. The van der Waals surface area contributed by atoms with Crippen LogP contribution < -0.4 is 10.2 Å². The van der Waals surface area contributed by atoms with E-state index in [2.05, 4.69) is 45.2 Å². The average Bonchev–Trinajstić information content (AvgIpc) is 3.34. The molecule has 1 aromatic heterocycles. The average molecular weight is 493 g/mol. The molecule has 186 valence electrons. The van der Waals surface area contributed by atoms with Crippen molar-refractivity contribution in [2.75, 3.05) is 37.6 Å². The fourth-order valence-electron chi connectivity index (χ4n) is 5.72. The molecule has 1 aliphatic carbocycles. The lowest BCUT2D eigenvalue weighted by Gasteiger charge is -2.37. The Morgan fingerprint density at radius 2 is 1.80 bits per heavy atom. The molecular weight excluding hydrogens is 456 g/mol. The minimum atomic E-state index is 0.0205. The van der Waals surface area contributed by atoms with E-state index in [0.29, 0.717) is 5.69 Å². The maximum absolute atomic E-state index is 12.7. The molecular formula is C29H37ClN4O. The van der Waals surface area contributed by atoms with Crippen LogP contribution in [0, 0.1) is 5.92 Å². The van der Waals surface area contributed by atoms with Gasteiger partial charge >= 0.3 is 0 Å². The van der Waals surface area contributed by atoms with Gasteiger partial charge in [0.25, 0.3) is 5.91 Å². The number of H-pyrrole nitrogens is 1. The van der Waals surface area contributed by atoms with Gasteiger partial charge in [0.1, 0.15) is 5.69 Å². The Morgan fingerprint density at radius 3 is 2.54 bits per heavy atom. The zero-order valence-electron chi connectivity index (χ0n) is 20.7. The van der Waals surface area contributed by atoms with Crippen LogP contribution in [0.2, 0.25) is 5.02 Å². The number of nitrogens with one attached hydrogen (secondary N) is 2. The van der Waals surface area contributed by atoms with Crippen LogP contribution in [0.4, 0.5) is 5.69 Å². The van der Waals surface area contributed by atoms with E-state index < -0.39 is 0 Å². The van der Waals surface area contributed by atoms with Crippen molar-refractivity contribution in [1.29, 1.82) is 0 Å². The van der Waals surface area contributed by atoms with E-state index in [0.717, 1.165) is 67.3 Å². The summed E-state index contributed by atoms with van der Waals surface area (Å²) in [5.74, 6) is 0.789. The lowest BCUT2D eigenvalue weighted by atomic mass is 9.84. The van der Waals surface area contributed by atoms with Gasteiger partial charge in [-0.3, -0.25) is 9.69 Å². The summed E-state index contributed by atoms with van der Waals surface area (Å²) in [6, 6.07) is 16.7. The molecule has 2 fully saturated rings. The zero-order valence-corrected chi connectivity index (χ0v) is 21.5. The summed E-state index contributed by atoms with van der Waals surface area (Å²) in [6.07, 6.45) is 6.80. The molecule has 1 saturated carbocycles. The van der Waals surface area contributed by atoms with Crippen LogP contribution in [-0.2, 0) is 6.42 Å². The van der Waals surface area contributed by atoms with Crippen molar-refractivity contribution < 1.29 is 4.79 Å². The molecule has 2 aliphatic rings. The maximum Gasteiger partial charge on any atom is 0.267 e. The Morgan fingerprint density at radius 1 is 1.03 bits per heavy atom. The summed E-state index contributed by atoms with van der Waals surface area (Å²) in [4.78, 5) is 21.0. The molecule has 6 heteroatoms. The number of aromatic amines is 1. The third kappa shape index (κ3) is 5.68. The number of hydrogen-bond acceptors (Lipinski definition) is 3. The van der Waals surface area contributed by atoms with Gasteiger partial charge in [-0.05, 0) is 74.8 Å². The minimum absolute atomic E-state index is 0.0205. The number of amides is 1. The number of anilines is 1. The van der Waals surface area contributed by atoms with Gasteiger partial charge in [0, 0.05) is 43.1 Å². The predicted molar refractivity (Wildman–Crippen MR) is 146 cm³/mol. The number of halogens is 1. The minimum Gasteiger partial charge on any atom is -0.368 e. The first kappa shape index (κ1) is 24.2. The highest BCUT2D eigenvalue weighted by atomic mass is 35.5. The van der Waals surface area contributed by atoms with E-state index in [9.17, 15) is 4.79 Å². The van der Waals surface area contributed by atoms with Crippen LogP contribution in [0.3, 0.4) is 0 Å². The van der Waals surface area contributed by atoms with Crippen molar-refractivity contribution in [3.8, 4) is 0 Å². The third-order valence-corrected chi connectivity index (χ3v) is 8.40. The summed E-state index contributed by atoms with van der Waals surface area (Å²) < 4.78 is 0. The summed E-state index contributed by atoms with van der Waals surface area (Å²) in [5.41, 5.74) is 4.10. The topological polar surface area (TPSA) is 51.4 Å². The molecule has 35 heavy (non-hydrogen) atoms. The Kier molecular flexibility index (Phi) is 7.64. The molecule has 2 heterocycles. The second-order valence-corrected chi connectivity index (χ2v) is 10.6. The van der Waals surface area contributed by atoms with Gasteiger partial charge in [-0.2, -0.15) is 0 Å². The van der Waals surface area contributed by atoms with Gasteiger partial charge in [0.2, 0.25) is 0 Å². The summed E-state index contributed by atoms with van der Waals surface area (Å²) in [6.45, 7) is 7.62. The molecule has 2 N–H and O–H groups in total. The highest BCUT2D eigenvalue weighted by Crippen LogP contribution is 2.31. The first-order valence-electron chi connectivity index (χ1n) is 13.2. The number of para-hydroxylation sites is 1. The second-order valence-electron chi connectivity index (χ2n) is 10.2. The van der Waals surface area contributed by atoms with Crippen LogP contribution in [-0.4, -0.2) is 54.6 Å². The van der Waals surface area contributed by atoms with E-state index in [1.54, 1.807) is 0 Å². The third-order valence-electron chi connectivity index (χ3n) is 7.96. The molecule has 0 bridgehead atoms. The van der Waals surface area contributed by atoms with Gasteiger partial charge in [0.05, 0.1) is 10.7 Å². The summed E-state index contributed by atoms with van der Waals surface area (Å²) in [7, 11) is 0. The van der Waals surface area contributed by atoms with Gasteiger partial charge in [-0.15, -0.1) is 0 Å². The number of carbonyl (C=O) groups excluding carboxylic acids is 1. The standard InChI is InChI=1S/C29H37ClN4O/c1-2-22-7-5-9-27(28(22)30)34-18-16-33(17-19-34)15-14-21-10-12-24(13-11-21)31-29(35)26-20-23-6-3-4-8-25(23)32-26/h3-9,20-21,24,32H,2,10-19H2,1H3,(H,31,35)/t21-,24-. The SMILES string of the molecule is CCc1cccc(N2CCN(CC[C@H]3CC[C@H](NC(=O)c4cc5ccccc5[nH]4)CC3)CC2)c1Cl. The number of rotatable bonds is 7. The molecule has 1 aliphatic heterocycles. The number of piperazine rings is 1. The smallest absolute Gasteiger partial charge is 0.267 e. The monoisotopic (exact) mass is 492 g/mol. The molecule has 0 spiro atoms. The van der Waals surface area contributed by atoms with E-state index in [4.69, 9.17) is 11.6 Å². The van der Waals surface area contributed by atoms with Gasteiger partial charge in [-0.25, -0.2) is 0 Å². The van der Waals surface area contributed by atoms with Gasteiger partial charge in [-0.1, -0.05) is 48.9 Å². The summed E-state index contributed by atoms with van der Waals surface area (Å²) in [5, 5.41) is 5.27. The number of aromatic nitrogens is 1. The number of hydrogen-bond donors (Lipinski definition) is 2. The number of nitrogens with zero attached hydrogens (tertiary/aromatic N) is 2.